The van der Waals surface area contributed by atoms with E-state index in [0.29, 0.717) is 0 Å². The van der Waals surface area contributed by atoms with Crippen molar-refractivity contribution in [2.24, 2.45) is 26.6 Å². The van der Waals surface area contributed by atoms with E-state index in [9.17, 15) is 0 Å². The van der Waals surface area contributed by atoms with Crippen LogP contribution >= 0.6 is 0 Å². The summed E-state index contributed by atoms with van der Waals surface area (Å²) in [4.78, 5) is 0. The largest absolute Gasteiger partial charge is 0.248 e. The first-order valence-corrected chi connectivity index (χ1v) is 43.6. The van der Waals surface area contributed by atoms with Gasteiger partial charge in [-0.1, -0.05) is 200 Å². The number of nitrogens with zero attached hydrogens (tertiary/aromatic N) is 10. The summed E-state index contributed by atoms with van der Waals surface area (Å²) in [7, 11) is 6.32. The smallest absolute Gasteiger partial charge is 0.197 e. The fourth-order valence-electron chi connectivity index (χ4n) is 17.9. The van der Waals surface area contributed by atoms with Crippen molar-refractivity contribution in [2.45, 2.75) is 99.8 Å². The minimum Gasteiger partial charge on any atom is -0.248 e. The zero-order chi connectivity index (χ0) is 87.1. The van der Waals surface area contributed by atoms with Crippen LogP contribution in [0, 0.1) is 49.6 Å². The molecular weight excluding hydrogens is 2490 g/mol. The molecule has 0 atom stereocenters. The van der Waals surface area contributed by atoms with Crippen LogP contribution in [0.2, 0.25) is 0 Å². The molecule has 0 aliphatic heterocycles. The molecule has 0 spiro atoms. The topological polar surface area (TPSA) is 49.3 Å². The Bertz CT molecular complexity index is 7290. The van der Waals surface area contributed by atoms with Gasteiger partial charge in [-0.3, -0.25) is 0 Å². The summed E-state index contributed by atoms with van der Waals surface area (Å²) in [5.41, 5.74) is 37.6. The van der Waals surface area contributed by atoms with Crippen LogP contribution in [0.1, 0.15) is 108 Å². The minimum atomic E-state index is 0. The maximum atomic E-state index is 3.62. The summed E-state index contributed by atoms with van der Waals surface area (Å²) in [6.07, 6.45) is 17.7. The second kappa shape index (κ2) is 41.2. The molecule has 15 aromatic carbocycles. The zero-order valence-corrected chi connectivity index (χ0v) is 88.2. The average molecular weight is 2600 g/mol. The van der Waals surface area contributed by atoms with E-state index >= 15 is 0 Å². The van der Waals surface area contributed by atoms with Gasteiger partial charge in [0.2, 0.25) is 0 Å². The van der Waals surface area contributed by atoms with Crippen LogP contribution in [0.25, 0.3) is 140 Å². The van der Waals surface area contributed by atoms with Gasteiger partial charge < -0.3 is 0 Å². The fraction of sp³-hybridized carbons (Fsp3) is 0.164. The molecule has 2 aliphatic rings. The van der Waals surface area contributed by atoms with Crippen molar-refractivity contribution < 1.29 is 101 Å². The number of para-hydroxylation sites is 10. The maximum absolute atomic E-state index is 3.62. The Hall–Kier alpha value is -11.4. The van der Waals surface area contributed by atoms with Gasteiger partial charge >= 0.3 is 0 Å². The van der Waals surface area contributed by atoms with E-state index in [1.54, 1.807) is 0 Å². The van der Waals surface area contributed by atoms with Crippen LogP contribution in [-0.4, -0.2) is 45.7 Å². The van der Waals surface area contributed by atoms with Gasteiger partial charge in [-0.25, -0.2) is 22.8 Å². The molecule has 15 heteroatoms. The van der Waals surface area contributed by atoms with Crippen LogP contribution in [0.5, 0.6) is 0 Å². The van der Waals surface area contributed by atoms with Crippen molar-refractivity contribution >= 4 is 77.6 Å². The number of hydrogen-bond acceptors (Lipinski definition) is 0. The minimum absolute atomic E-state index is 0. The van der Waals surface area contributed by atoms with E-state index in [1.165, 1.54) is 150 Å². The fourth-order valence-corrected chi connectivity index (χ4v) is 17.9. The Morgan fingerprint density at radius 2 is 0.733 bits per heavy atom. The Morgan fingerprint density at radius 1 is 0.313 bits per heavy atom. The van der Waals surface area contributed by atoms with Crippen LogP contribution < -0.4 is 0 Å². The Labute approximate surface area is 838 Å². The molecule has 0 bridgehead atoms. The predicted octanol–water partition coefficient (Wildman–Crippen LogP) is 28.6. The molecule has 5 aromatic heterocycles. The summed E-state index contributed by atoms with van der Waals surface area (Å²) in [6.45, 7) is 24.7. The first kappa shape index (κ1) is 97.2. The van der Waals surface area contributed by atoms with Gasteiger partial charge in [0, 0.05) is 198 Å². The molecule has 5 radical (unpaired) electrons. The van der Waals surface area contributed by atoms with E-state index < -0.39 is 0 Å². The molecule has 20 aromatic rings. The molecule has 5 heterocycles. The van der Waals surface area contributed by atoms with Gasteiger partial charge in [0.05, 0.1) is 11.1 Å². The Morgan fingerprint density at radius 3 is 1.22 bits per heavy atom. The number of hydrogen-bond donors (Lipinski definition) is 0. The molecule has 0 N–H and O–H groups in total. The normalized spacial score (nSPS) is 11.9. The van der Waals surface area contributed by atoms with Gasteiger partial charge in [0.1, 0.15) is 11.4 Å². The molecule has 22 rings (SSSR count). The first-order chi connectivity index (χ1) is 61.0. The second-order valence-corrected chi connectivity index (χ2v) is 36.2. The number of aromatic nitrogens is 10. The quantitative estimate of drug-likeness (QED) is 0.129. The molecule has 2 aliphatic carbocycles. The molecule has 0 saturated carbocycles. The van der Waals surface area contributed by atoms with Gasteiger partial charge in [-0.2, -0.15) is 95.6 Å². The molecule has 0 saturated heterocycles. The van der Waals surface area contributed by atoms with Gasteiger partial charge in [-0.15, -0.1) is 77.0 Å². The summed E-state index contributed by atoms with van der Waals surface area (Å²) in [5.74, 6) is 0. The van der Waals surface area contributed by atoms with Crippen molar-refractivity contribution in [3.05, 3.63) is 434 Å². The number of fused-ring (bicyclic) bond motifs is 5. The standard InChI is InChI=1S/C28H26N2.C27H30N2.C26H20N2.C19H14N2.C16H16N2.5Ir/c1-28(2,3)21-15-19-10-9-18-12-14-23(22-13-11-20(16-21)26(19)27(18)22)30-17-29(4)24-7-5-6-8-25(24)30;1-26(2,3)20-11-15-22(16-12-20)28-19-29(25-10-8-7-9-24(25)28)23-17-13-21(14-18-23)27(4,5)6;1-27-19-28(22-15-9-4-10-16-22)26-24(21-13-7-3-8-14-21)18-17-23(25(26)27)20-11-5-2-6-12-20;1-3-9-16(10-4-1)20-15-21(17-11-5-2-6-12-17)19-14-8-7-13-18(19)20;1-12-9-10-13(2)16-15(12)17(3)11-18(16)14-7-5-4-6-8-14;;;;;/h5-12,15,17H,13,16H2,1-4H3;7-17,19H,1-6H3;2-15,17-19H,1H3;1-11,13-15H;4-7,9-11H,1-3H3;;;;;. The van der Waals surface area contributed by atoms with E-state index in [0.717, 1.165) is 41.3 Å². The monoisotopic (exact) mass is 2600 g/mol. The number of rotatable bonds is 9. The average Bonchev–Trinajstić information content (AvgIpc) is 1.42. The van der Waals surface area contributed by atoms with E-state index in [-0.39, 0.29) is 117 Å². The SMILES string of the molecule is CC(C)(C)c1c[c-]c(-n2[cH+]n(-c3ccc(C(C)(C)C)cc3)c3ccccc32)cc1.Cc1ccc(C)c2c1n(C)[cH+]n2-c1[c-]cccc1.Cn1[cH+]n(-c2[c-]cc3ccc4c5c3c2CC=C5CC(C(C)(C)C)=C4)c2ccccc21.Cn1[cH+]n(-c2[c-]cccc2)c2c(-c3ccccc3)ccc(-c3ccccc3)c21.[Ir].[Ir].[Ir].[Ir].[Ir].[c-]1ccccc1-n1[cH+]n(-c2ccccc2)c2ccccc21. The first-order valence-electron chi connectivity index (χ1n) is 43.6. The van der Waals surface area contributed by atoms with Gasteiger partial charge in [0.15, 0.2) is 86.8 Å². The molecule has 0 amide bonds. The number of allylic oxidation sites excluding steroid dienone is 3. The van der Waals surface area contributed by atoms with Crippen LogP contribution in [-0.2, 0) is 139 Å². The van der Waals surface area contributed by atoms with E-state index in [1.807, 2.05) is 54.6 Å². The Kier molecular flexibility index (Phi) is 30.6. The summed E-state index contributed by atoms with van der Waals surface area (Å²) < 4.78 is 22.2. The zero-order valence-electron chi connectivity index (χ0n) is 76.2. The molecular formula is C116H106Ir5N10. The summed E-state index contributed by atoms with van der Waals surface area (Å²) in [6, 6.07) is 129. The maximum Gasteiger partial charge on any atom is 0.197 e. The Balaban J connectivity index is 0.000000140. The molecule has 0 fully saturated rings. The van der Waals surface area contributed by atoms with Crippen LogP contribution in [0.3, 0.4) is 0 Å². The predicted molar refractivity (Wildman–Crippen MR) is 527 cm³/mol. The van der Waals surface area contributed by atoms with Crippen molar-refractivity contribution in [1.82, 2.24) is 45.7 Å². The summed E-state index contributed by atoms with van der Waals surface area (Å²) >= 11 is 0. The molecule has 10 nitrogen and oxygen atoms in total. The molecule has 131 heavy (non-hydrogen) atoms. The molecule has 0 unspecified atom stereocenters. The van der Waals surface area contributed by atoms with Crippen molar-refractivity contribution in [2.75, 3.05) is 0 Å². The second-order valence-electron chi connectivity index (χ2n) is 36.2. The summed E-state index contributed by atoms with van der Waals surface area (Å²) in [5, 5.41) is 2.72. The number of aryl methyl sites for hydroxylation is 5. The third kappa shape index (κ3) is 19.9. The van der Waals surface area contributed by atoms with E-state index in [2.05, 4.69) is 484 Å². The van der Waals surface area contributed by atoms with Crippen LogP contribution in [0.15, 0.2) is 365 Å². The van der Waals surface area contributed by atoms with Crippen molar-refractivity contribution in [3.8, 4) is 62.1 Å². The number of benzene rings is 15. The van der Waals surface area contributed by atoms with Crippen molar-refractivity contribution in [3.63, 3.8) is 0 Å². The third-order valence-corrected chi connectivity index (χ3v) is 24.5. The third-order valence-electron chi connectivity index (χ3n) is 24.5. The molecule has 665 valence electrons. The van der Waals surface area contributed by atoms with Gasteiger partial charge in [0.25, 0.3) is 0 Å². The van der Waals surface area contributed by atoms with Crippen molar-refractivity contribution in [1.29, 1.82) is 0 Å². The van der Waals surface area contributed by atoms with Crippen LogP contribution in [0.4, 0.5) is 0 Å². The van der Waals surface area contributed by atoms with E-state index in [4.69, 9.17) is 0 Å². The van der Waals surface area contributed by atoms with Gasteiger partial charge in [-0.05, 0) is 144 Å². The number of imidazole rings is 5.